The van der Waals surface area contributed by atoms with Crippen LogP contribution in [0, 0.1) is 0 Å². The maximum absolute atomic E-state index is 10.2. The molecule has 0 aromatic rings. The van der Waals surface area contributed by atoms with Crippen LogP contribution in [0.1, 0.15) is 13.3 Å². The van der Waals surface area contributed by atoms with E-state index in [1.165, 1.54) is 7.11 Å². The van der Waals surface area contributed by atoms with Crippen molar-refractivity contribution in [1.82, 2.24) is 0 Å². The number of halogens is 2. The number of esters is 1. The minimum absolute atomic E-state index is 0.0552. The molecule has 6 heteroatoms. The summed E-state index contributed by atoms with van der Waals surface area (Å²) < 4.78 is 4.25. The largest absolute Gasteiger partial charge is 0.469 e. The molecule has 0 heterocycles. The van der Waals surface area contributed by atoms with E-state index in [0.29, 0.717) is 0 Å². The van der Waals surface area contributed by atoms with Crippen molar-refractivity contribution in [2.75, 3.05) is 20.8 Å². The number of carbonyl (C=O) groups is 1. The number of rotatable bonds is 2. The molecule has 0 unspecified atom stereocenters. The Morgan fingerprint density at radius 3 is 1.85 bits per heavy atom. The summed E-state index contributed by atoms with van der Waals surface area (Å²) in [5, 5.41) is 14.6. The van der Waals surface area contributed by atoms with Crippen LogP contribution in [-0.2, 0) is 9.53 Å². The minimum atomic E-state index is -0.651. The van der Waals surface area contributed by atoms with Crippen LogP contribution in [0.5, 0.6) is 0 Å². The molecule has 0 saturated carbocycles. The van der Waals surface area contributed by atoms with Crippen LogP contribution >= 0.6 is 23.2 Å². The zero-order valence-electron chi connectivity index (χ0n) is 7.96. The Morgan fingerprint density at radius 1 is 1.46 bits per heavy atom. The van der Waals surface area contributed by atoms with Crippen molar-refractivity contribution in [3.8, 4) is 0 Å². The first-order valence-electron chi connectivity index (χ1n) is 3.49. The molecule has 0 saturated heterocycles. The average Bonchev–Trinajstić information content (AvgIpc) is 2.08. The predicted molar refractivity (Wildman–Crippen MR) is 53.0 cm³/mol. The number of aliphatic hydroxyl groups is 2. The first kappa shape index (κ1) is 18.7. The Balaban J connectivity index is -0.000000169. The van der Waals surface area contributed by atoms with Crippen molar-refractivity contribution in [2.24, 2.45) is 0 Å². The van der Waals surface area contributed by atoms with Gasteiger partial charge in [0.2, 0.25) is 0 Å². The first-order valence-corrected chi connectivity index (χ1v) is 4.36. The Labute approximate surface area is 88.4 Å². The highest BCUT2D eigenvalue weighted by molar-refractivity contribution is 6.45. The molecule has 0 atom stereocenters. The fourth-order valence-electron chi connectivity index (χ4n) is 0.209. The molecule has 0 fully saturated rings. The van der Waals surface area contributed by atoms with Gasteiger partial charge in [0.1, 0.15) is 4.84 Å². The highest BCUT2D eigenvalue weighted by Crippen LogP contribution is 2.06. The van der Waals surface area contributed by atoms with E-state index in [9.17, 15) is 4.79 Å². The number of hydrogen-bond donors (Lipinski definition) is 2. The zero-order chi connectivity index (χ0) is 11.3. The summed E-state index contributed by atoms with van der Waals surface area (Å²) >= 11 is 10.4. The van der Waals surface area contributed by atoms with Crippen LogP contribution in [0.15, 0.2) is 0 Å². The lowest BCUT2D eigenvalue weighted by atomic mass is 10.5. The molecule has 0 aromatic heterocycles. The van der Waals surface area contributed by atoms with E-state index in [4.69, 9.17) is 33.4 Å². The van der Waals surface area contributed by atoms with Gasteiger partial charge in [0.15, 0.2) is 0 Å². The molecule has 0 aliphatic carbocycles. The van der Waals surface area contributed by atoms with Crippen LogP contribution < -0.4 is 0 Å². The third kappa shape index (κ3) is 33.4. The lowest BCUT2D eigenvalue weighted by molar-refractivity contribution is -0.140. The maximum atomic E-state index is 10.2. The molecular weight excluding hydrogens is 219 g/mol. The summed E-state index contributed by atoms with van der Waals surface area (Å²) in [6.45, 7) is 1.93. The molecule has 2 N–H and O–H groups in total. The average molecular weight is 235 g/mol. The number of ether oxygens (including phenoxy) is 1. The first-order chi connectivity index (χ1) is 6.08. The second kappa shape index (κ2) is 17.9. The second-order valence-corrected chi connectivity index (χ2v) is 2.76. The lowest BCUT2D eigenvalue weighted by Gasteiger charge is -1.96. The standard InChI is InChI=1S/C4H6Cl2O2.C2H6O.CH4O/c1-8-4(7)2-3(5)6;1-2-3;1-2/h3H,2H2,1H3;3H,2H2,1H3;2H,1H3. The Hall–Kier alpha value is -0.0300. The van der Waals surface area contributed by atoms with Crippen molar-refractivity contribution in [2.45, 2.75) is 18.2 Å². The summed E-state index contributed by atoms with van der Waals surface area (Å²) in [6.07, 6.45) is 0.0552. The van der Waals surface area contributed by atoms with Crippen molar-refractivity contribution in [3.63, 3.8) is 0 Å². The number of alkyl halides is 2. The Kier molecular flexibility index (Phi) is 25.7. The van der Waals surface area contributed by atoms with Gasteiger partial charge in [0, 0.05) is 13.7 Å². The lowest BCUT2D eigenvalue weighted by Crippen LogP contribution is -2.03. The molecule has 0 rings (SSSR count). The van der Waals surface area contributed by atoms with Gasteiger partial charge in [-0.1, -0.05) is 0 Å². The number of aliphatic hydroxyl groups excluding tert-OH is 2. The van der Waals surface area contributed by atoms with Crippen molar-refractivity contribution >= 4 is 29.2 Å². The molecule has 0 aliphatic rings. The third-order valence-electron chi connectivity index (χ3n) is 0.549. The molecule has 0 aliphatic heterocycles. The number of hydrogen-bond acceptors (Lipinski definition) is 4. The fraction of sp³-hybridized carbons (Fsp3) is 0.857. The van der Waals surface area contributed by atoms with E-state index in [0.717, 1.165) is 7.11 Å². The van der Waals surface area contributed by atoms with Crippen molar-refractivity contribution in [1.29, 1.82) is 0 Å². The predicted octanol–water partition coefficient (Wildman–Crippen LogP) is 0.960. The molecular formula is C7H16Cl2O4. The van der Waals surface area contributed by atoms with Gasteiger partial charge in [-0.15, -0.1) is 23.2 Å². The molecule has 0 radical (unpaired) electrons. The second-order valence-electron chi connectivity index (χ2n) is 1.49. The van der Waals surface area contributed by atoms with E-state index in [1.807, 2.05) is 0 Å². The summed E-state index contributed by atoms with van der Waals surface area (Å²) in [5.74, 6) is -0.389. The third-order valence-corrected chi connectivity index (χ3v) is 0.857. The van der Waals surface area contributed by atoms with Crippen molar-refractivity contribution in [3.05, 3.63) is 0 Å². The minimum Gasteiger partial charge on any atom is -0.469 e. The summed E-state index contributed by atoms with van der Waals surface area (Å²) in [5.41, 5.74) is 0. The van der Waals surface area contributed by atoms with Gasteiger partial charge in [-0.05, 0) is 6.92 Å². The quantitative estimate of drug-likeness (QED) is 0.552. The topological polar surface area (TPSA) is 66.8 Å². The monoisotopic (exact) mass is 234 g/mol. The van der Waals surface area contributed by atoms with Gasteiger partial charge < -0.3 is 14.9 Å². The van der Waals surface area contributed by atoms with Crippen LogP contribution in [-0.4, -0.2) is 41.8 Å². The maximum Gasteiger partial charge on any atom is 0.308 e. The molecule has 0 amide bonds. The summed E-state index contributed by atoms with van der Waals surface area (Å²) in [6, 6.07) is 0. The van der Waals surface area contributed by atoms with Gasteiger partial charge in [0.05, 0.1) is 13.5 Å². The van der Waals surface area contributed by atoms with E-state index >= 15 is 0 Å². The normalized spacial score (nSPS) is 7.69. The van der Waals surface area contributed by atoms with Gasteiger partial charge in [0.25, 0.3) is 0 Å². The van der Waals surface area contributed by atoms with E-state index < -0.39 is 4.84 Å². The smallest absolute Gasteiger partial charge is 0.308 e. The summed E-state index contributed by atoms with van der Waals surface area (Å²) in [4.78, 5) is 9.58. The molecule has 4 nitrogen and oxygen atoms in total. The highest BCUT2D eigenvalue weighted by Gasteiger charge is 2.05. The van der Waals surface area contributed by atoms with E-state index in [2.05, 4.69) is 4.74 Å². The molecule has 13 heavy (non-hydrogen) atoms. The van der Waals surface area contributed by atoms with Gasteiger partial charge >= 0.3 is 5.97 Å². The molecule has 0 aromatic carbocycles. The molecule has 0 spiro atoms. The van der Waals surface area contributed by atoms with Gasteiger partial charge in [-0.3, -0.25) is 4.79 Å². The SMILES string of the molecule is CCO.CO.COC(=O)CC(Cl)Cl. The Morgan fingerprint density at radius 2 is 1.77 bits per heavy atom. The fourth-order valence-corrected chi connectivity index (χ4v) is 0.461. The zero-order valence-corrected chi connectivity index (χ0v) is 9.47. The van der Waals surface area contributed by atoms with Crippen LogP contribution in [0.4, 0.5) is 0 Å². The van der Waals surface area contributed by atoms with Crippen LogP contribution in [0.3, 0.4) is 0 Å². The van der Waals surface area contributed by atoms with Crippen LogP contribution in [0.2, 0.25) is 0 Å². The molecule has 0 bridgehead atoms. The number of carbonyl (C=O) groups excluding carboxylic acids is 1. The highest BCUT2D eigenvalue weighted by atomic mass is 35.5. The molecule has 82 valence electrons. The van der Waals surface area contributed by atoms with Crippen LogP contribution in [0.25, 0.3) is 0 Å². The van der Waals surface area contributed by atoms with E-state index in [-0.39, 0.29) is 19.0 Å². The van der Waals surface area contributed by atoms with Gasteiger partial charge in [-0.2, -0.15) is 0 Å². The summed E-state index contributed by atoms with van der Waals surface area (Å²) in [7, 11) is 2.29. The number of methoxy groups -OCH3 is 1. The van der Waals surface area contributed by atoms with Gasteiger partial charge in [-0.25, -0.2) is 0 Å². The van der Waals surface area contributed by atoms with Crippen molar-refractivity contribution < 1.29 is 19.7 Å². The Bertz CT molecular complexity index is 98.5. The van der Waals surface area contributed by atoms with E-state index in [1.54, 1.807) is 6.92 Å².